The summed E-state index contributed by atoms with van der Waals surface area (Å²) in [5.74, 6) is 2.28. The lowest BCUT2D eigenvalue weighted by atomic mass is 9.85. The summed E-state index contributed by atoms with van der Waals surface area (Å²) in [7, 11) is 0. The number of benzene rings is 2. The number of anilines is 2. The van der Waals surface area contributed by atoms with Gasteiger partial charge in [-0.05, 0) is 92.8 Å². The van der Waals surface area contributed by atoms with Gasteiger partial charge in [-0.25, -0.2) is 9.48 Å². The summed E-state index contributed by atoms with van der Waals surface area (Å²) in [4.78, 5) is 27.0. The van der Waals surface area contributed by atoms with Crippen LogP contribution in [0.15, 0.2) is 72.9 Å². The first kappa shape index (κ1) is 40.7. The van der Waals surface area contributed by atoms with Gasteiger partial charge in [-0.3, -0.25) is 14.5 Å². The summed E-state index contributed by atoms with van der Waals surface area (Å²) < 4.78 is 16.3. The number of aromatic nitrogens is 5. The maximum absolute atomic E-state index is 13.8. The fourth-order valence-electron chi connectivity index (χ4n) is 8.20. The minimum atomic E-state index is -0.266. The highest BCUT2D eigenvalue weighted by molar-refractivity contribution is 5.89. The second-order valence-electron chi connectivity index (χ2n) is 16.5. The normalized spacial score (nSPS) is 20.0. The molecule has 0 spiro atoms. The molecule has 3 aromatic heterocycles. The molecule has 2 aliphatic heterocycles. The summed E-state index contributed by atoms with van der Waals surface area (Å²) in [5, 5.41) is 27.4. The molecule has 3 N–H and O–H groups in total. The molecule has 14 nitrogen and oxygen atoms in total. The Labute approximate surface area is 340 Å². The van der Waals surface area contributed by atoms with Crippen molar-refractivity contribution in [3.63, 3.8) is 0 Å². The lowest BCUT2D eigenvalue weighted by Crippen LogP contribution is -2.38. The zero-order valence-electron chi connectivity index (χ0n) is 34.1. The molecule has 2 saturated heterocycles. The number of pyridine rings is 1. The van der Waals surface area contributed by atoms with E-state index in [4.69, 9.17) is 24.5 Å². The average molecular weight is 792 g/mol. The van der Waals surface area contributed by atoms with Crippen molar-refractivity contribution < 1.29 is 24.2 Å². The maximum atomic E-state index is 13.8. The second kappa shape index (κ2) is 18.4. The van der Waals surface area contributed by atoms with E-state index in [-0.39, 0.29) is 30.1 Å². The van der Waals surface area contributed by atoms with Crippen LogP contribution in [0.5, 0.6) is 5.75 Å². The Morgan fingerprint density at radius 2 is 1.78 bits per heavy atom. The smallest absolute Gasteiger partial charge is 0.320 e. The summed E-state index contributed by atoms with van der Waals surface area (Å²) >= 11 is 0. The number of hydrogen-bond donors (Lipinski definition) is 3. The van der Waals surface area contributed by atoms with Gasteiger partial charge in [0.15, 0.2) is 5.65 Å². The van der Waals surface area contributed by atoms with E-state index in [2.05, 4.69) is 99.1 Å². The summed E-state index contributed by atoms with van der Waals surface area (Å²) in [6, 6.07) is 22.7. The Bertz CT molecular complexity index is 2150. The molecule has 0 bridgehead atoms. The number of carbonyl (C=O) groups is 2. The number of nitrogens with one attached hydrogen (secondary N) is 2. The summed E-state index contributed by atoms with van der Waals surface area (Å²) in [6.45, 7) is 14.1. The van der Waals surface area contributed by atoms with Crippen LogP contribution in [0.4, 0.5) is 16.6 Å². The van der Waals surface area contributed by atoms with Crippen LogP contribution in [0.2, 0.25) is 0 Å². The van der Waals surface area contributed by atoms with Gasteiger partial charge in [0, 0.05) is 50.3 Å². The summed E-state index contributed by atoms with van der Waals surface area (Å²) in [6.07, 6.45) is 8.92. The van der Waals surface area contributed by atoms with Crippen LogP contribution < -0.4 is 20.3 Å². The number of urea groups is 1. The molecular formula is C44H57N9O5. The minimum absolute atomic E-state index is 0.153. The van der Waals surface area contributed by atoms with Crippen molar-refractivity contribution in [2.24, 2.45) is 0 Å². The third kappa shape index (κ3) is 9.62. The lowest BCUT2D eigenvalue weighted by molar-refractivity contribution is -0.122. The Hall–Kier alpha value is -5.47. The van der Waals surface area contributed by atoms with Crippen molar-refractivity contribution in [1.82, 2.24) is 34.6 Å². The predicted octanol–water partition coefficient (Wildman–Crippen LogP) is 7.33. The highest BCUT2D eigenvalue weighted by Crippen LogP contribution is 2.39. The molecule has 3 atom stereocenters. The minimum Gasteiger partial charge on any atom is -0.484 e. The Morgan fingerprint density at radius 1 is 0.948 bits per heavy atom. The third-order valence-corrected chi connectivity index (χ3v) is 11.3. The number of ether oxygens (including phenoxy) is 2. The van der Waals surface area contributed by atoms with Crippen molar-refractivity contribution in [2.45, 2.75) is 96.2 Å². The van der Waals surface area contributed by atoms with E-state index in [0.717, 1.165) is 118 Å². The third-order valence-electron chi connectivity index (χ3n) is 11.3. The Balaban J connectivity index is 0.00000166. The topological polar surface area (TPSA) is 151 Å². The number of nitrogens with zero attached hydrogens (tertiary/aromatic N) is 7. The van der Waals surface area contributed by atoms with Gasteiger partial charge in [-0.2, -0.15) is 5.10 Å². The first-order valence-electron chi connectivity index (χ1n) is 20.6. The summed E-state index contributed by atoms with van der Waals surface area (Å²) in [5.41, 5.74) is 5.82. The number of piperidine rings is 1. The van der Waals surface area contributed by atoms with Crippen LogP contribution in [-0.4, -0.2) is 92.3 Å². The molecule has 8 rings (SSSR count). The molecule has 0 saturated carbocycles. The van der Waals surface area contributed by atoms with E-state index in [9.17, 15) is 4.79 Å². The molecule has 58 heavy (non-hydrogen) atoms. The largest absolute Gasteiger partial charge is 0.484 e. The van der Waals surface area contributed by atoms with Crippen LogP contribution in [0, 0.1) is 0 Å². The molecule has 1 aliphatic carbocycles. The van der Waals surface area contributed by atoms with Gasteiger partial charge < -0.3 is 29.7 Å². The number of carboxylic acid groups (broad SMARTS) is 1. The van der Waals surface area contributed by atoms with Gasteiger partial charge in [-0.1, -0.05) is 57.2 Å². The molecular weight excluding hydrogens is 735 g/mol. The SMILES string of the molecule is CC1CCCCN1c1nnc2ccc(O[C@@H]3CC[C@H](NC(=O)Nc4cc(C(C)(C)C)nn4-c4cccc(CCN5CCCOCC5)c4)c4ccccc43)cn12.O=CO. The Morgan fingerprint density at radius 3 is 2.59 bits per heavy atom. The van der Waals surface area contributed by atoms with Crippen LogP contribution >= 0.6 is 0 Å². The monoisotopic (exact) mass is 791 g/mol. The molecule has 14 heteroatoms. The van der Waals surface area contributed by atoms with Gasteiger partial charge in [0.05, 0.1) is 30.2 Å². The standard InChI is InChI=1S/C43H55N9O3.CH2O2/c1-30-11-7-8-22-50(30)42-47-46-39-19-16-33(29-51(39)42)55-37-18-17-36(34-14-5-6-15-35(34)37)44-41(53)45-40-28-38(43(2,3)4)48-52(40)32-13-9-12-31(27-32)20-23-49-21-10-25-54-26-24-49;2-1-3/h5-6,9,12-16,19,27-30,36-37H,7-8,10-11,17-18,20-26H2,1-4H3,(H2,44,45,53);1H,(H,2,3)/t30?,36-,37+;/m0./s1. The average Bonchev–Trinajstić information content (AvgIpc) is 3.74. The fraction of sp³-hybridized carbons (Fsp3) is 0.477. The molecule has 2 aromatic carbocycles. The van der Waals surface area contributed by atoms with E-state index < -0.39 is 0 Å². The molecule has 2 amide bonds. The van der Waals surface area contributed by atoms with E-state index in [0.29, 0.717) is 11.9 Å². The van der Waals surface area contributed by atoms with E-state index in [1.54, 1.807) is 0 Å². The molecule has 5 heterocycles. The number of amides is 2. The molecule has 1 unspecified atom stereocenters. The van der Waals surface area contributed by atoms with Gasteiger partial charge in [0.25, 0.3) is 6.47 Å². The van der Waals surface area contributed by atoms with Crippen molar-refractivity contribution >= 4 is 29.9 Å². The molecule has 3 aliphatic rings. The number of hydrogen-bond acceptors (Lipinski definition) is 9. The molecule has 5 aromatic rings. The van der Waals surface area contributed by atoms with Gasteiger partial charge in [0.1, 0.15) is 17.7 Å². The molecule has 308 valence electrons. The second-order valence-corrected chi connectivity index (χ2v) is 16.5. The quantitative estimate of drug-likeness (QED) is 0.130. The number of fused-ring (bicyclic) bond motifs is 2. The van der Waals surface area contributed by atoms with Gasteiger partial charge >= 0.3 is 6.03 Å². The van der Waals surface area contributed by atoms with Crippen molar-refractivity contribution in [1.29, 1.82) is 0 Å². The number of carbonyl (C=O) groups excluding carboxylic acids is 1. The number of rotatable bonds is 9. The zero-order chi connectivity index (χ0) is 40.6. The fourth-order valence-corrected chi connectivity index (χ4v) is 8.20. The van der Waals surface area contributed by atoms with Crippen LogP contribution in [-0.2, 0) is 21.4 Å². The van der Waals surface area contributed by atoms with Crippen LogP contribution in [0.25, 0.3) is 11.3 Å². The Kier molecular flexibility index (Phi) is 12.9. The van der Waals surface area contributed by atoms with Crippen LogP contribution in [0.1, 0.15) is 101 Å². The van der Waals surface area contributed by atoms with Crippen molar-refractivity contribution in [3.05, 3.63) is 95.3 Å². The van der Waals surface area contributed by atoms with Crippen molar-refractivity contribution in [2.75, 3.05) is 49.6 Å². The highest BCUT2D eigenvalue weighted by Gasteiger charge is 2.31. The van der Waals surface area contributed by atoms with Gasteiger partial charge in [0.2, 0.25) is 5.95 Å². The maximum Gasteiger partial charge on any atom is 0.320 e. The lowest BCUT2D eigenvalue weighted by Gasteiger charge is -2.33. The first-order chi connectivity index (χ1) is 28.1. The zero-order valence-corrected chi connectivity index (χ0v) is 34.1. The van der Waals surface area contributed by atoms with Gasteiger partial charge in [-0.15, -0.1) is 10.2 Å². The van der Waals surface area contributed by atoms with E-state index >= 15 is 0 Å². The first-order valence-corrected chi connectivity index (χ1v) is 20.6. The van der Waals surface area contributed by atoms with Crippen LogP contribution in [0.3, 0.4) is 0 Å². The van der Waals surface area contributed by atoms with Crippen molar-refractivity contribution in [3.8, 4) is 11.4 Å². The molecule has 2 fully saturated rings. The van der Waals surface area contributed by atoms with E-state index in [1.807, 2.05) is 41.2 Å². The molecule has 0 radical (unpaired) electrons. The highest BCUT2D eigenvalue weighted by atomic mass is 16.5. The predicted molar refractivity (Wildman–Crippen MR) is 224 cm³/mol. The van der Waals surface area contributed by atoms with E-state index in [1.165, 1.54) is 12.0 Å².